The summed E-state index contributed by atoms with van der Waals surface area (Å²) in [6, 6.07) is 8.61. The number of benzene rings is 1. The number of carbonyl (C=O) groups excluding carboxylic acids is 1. The zero-order valence-corrected chi connectivity index (χ0v) is 14.4. The van der Waals surface area contributed by atoms with Crippen LogP contribution in [0.5, 0.6) is 0 Å². The molecule has 0 aliphatic heterocycles. The molecule has 1 aliphatic rings. The number of alkyl halides is 2. The Morgan fingerprint density at radius 1 is 1.17 bits per heavy atom. The van der Waals surface area contributed by atoms with Gasteiger partial charge < -0.3 is 15.8 Å². The van der Waals surface area contributed by atoms with Gasteiger partial charge in [-0.05, 0) is 39.2 Å². The van der Waals surface area contributed by atoms with E-state index in [0.29, 0.717) is 0 Å². The number of hydrogen-bond donors (Lipinski definition) is 2. The van der Waals surface area contributed by atoms with Gasteiger partial charge in [-0.25, -0.2) is 13.6 Å². The molecular weight excluding hydrogens is 314 g/mol. The Hall–Kier alpha value is -1.69. The lowest BCUT2D eigenvalue weighted by Crippen LogP contribution is -2.56. The normalized spacial score (nSPS) is 20.9. The number of nitrogens with one attached hydrogen (secondary N) is 1. The predicted molar refractivity (Wildman–Crippen MR) is 88.9 cm³/mol. The molecule has 1 saturated carbocycles. The summed E-state index contributed by atoms with van der Waals surface area (Å²) >= 11 is 0. The van der Waals surface area contributed by atoms with E-state index in [4.69, 9.17) is 10.5 Å². The van der Waals surface area contributed by atoms with E-state index in [2.05, 4.69) is 5.32 Å². The van der Waals surface area contributed by atoms with Crippen LogP contribution in [0.4, 0.5) is 13.6 Å². The molecule has 1 aromatic rings. The monoisotopic (exact) mass is 340 g/mol. The lowest BCUT2D eigenvalue weighted by molar-refractivity contribution is -0.0557. The second-order valence-electron chi connectivity index (χ2n) is 7.58. The number of hydrogen-bond acceptors (Lipinski definition) is 3. The van der Waals surface area contributed by atoms with Crippen LogP contribution in [0.25, 0.3) is 0 Å². The maximum absolute atomic E-state index is 13.5. The number of nitrogens with two attached hydrogens (primary N) is 1. The van der Waals surface area contributed by atoms with Gasteiger partial charge in [-0.15, -0.1) is 0 Å². The van der Waals surface area contributed by atoms with E-state index >= 15 is 0 Å². The first kappa shape index (κ1) is 18.6. The van der Waals surface area contributed by atoms with Crippen molar-refractivity contribution in [3.8, 4) is 0 Å². The summed E-state index contributed by atoms with van der Waals surface area (Å²) in [5.74, 6) is -2.68. The summed E-state index contributed by atoms with van der Waals surface area (Å²) < 4.78 is 32.4. The van der Waals surface area contributed by atoms with E-state index in [1.54, 1.807) is 20.8 Å². The number of rotatable bonds is 3. The Morgan fingerprint density at radius 3 is 2.21 bits per heavy atom. The minimum absolute atomic E-state index is 0.134. The van der Waals surface area contributed by atoms with Crippen LogP contribution in [0.15, 0.2) is 30.3 Å². The molecule has 1 amide bonds. The molecule has 3 N–H and O–H groups in total. The zero-order valence-electron chi connectivity index (χ0n) is 14.4. The van der Waals surface area contributed by atoms with Gasteiger partial charge in [0, 0.05) is 18.4 Å². The molecule has 1 aromatic carbocycles. The second kappa shape index (κ2) is 6.67. The molecule has 134 valence electrons. The molecule has 6 heteroatoms. The average molecular weight is 340 g/mol. The highest BCUT2D eigenvalue weighted by molar-refractivity contribution is 5.68. The molecule has 0 heterocycles. The van der Waals surface area contributed by atoms with Gasteiger partial charge in [-0.2, -0.15) is 0 Å². The Bertz CT molecular complexity index is 560. The summed E-state index contributed by atoms with van der Waals surface area (Å²) in [4.78, 5) is 12.2. The third kappa shape index (κ3) is 4.90. The fraction of sp³-hybridized carbons (Fsp3) is 0.611. The van der Waals surface area contributed by atoms with Crippen molar-refractivity contribution in [2.75, 3.05) is 0 Å². The largest absolute Gasteiger partial charge is 0.444 e. The van der Waals surface area contributed by atoms with Gasteiger partial charge in [-0.1, -0.05) is 30.3 Å². The molecule has 1 aliphatic carbocycles. The van der Waals surface area contributed by atoms with Gasteiger partial charge in [0.25, 0.3) is 0 Å². The first-order valence-electron chi connectivity index (χ1n) is 8.22. The van der Waals surface area contributed by atoms with Gasteiger partial charge in [0.2, 0.25) is 5.92 Å². The summed E-state index contributed by atoms with van der Waals surface area (Å²) in [6.07, 6.45) is -0.880. The fourth-order valence-corrected chi connectivity index (χ4v) is 3.00. The summed E-state index contributed by atoms with van der Waals surface area (Å²) in [6.45, 7) is 5.30. The molecule has 0 radical (unpaired) electrons. The molecule has 0 bridgehead atoms. The fourth-order valence-electron chi connectivity index (χ4n) is 3.00. The summed E-state index contributed by atoms with van der Waals surface area (Å²) in [5, 5.41) is 2.80. The van der Waals surface area contributed by atoms with Gasteiger partial charge in [0.05, 0.1) is 6.04 Å². The van der Waals surface area contributed by atoms with E-state index in [1.165, 1.54) is 0 Å². The van der Waals surface area contributed by atoms with Crippen LogP contribution in [0.1, 0.15) is 58.1 Å². The van der Waals surface area contributed by atoms with Crippen molar-refractivity contribution in [1.29, 1.82) is 0 Å². The van der Waals surface area contributed by atoms with Crippen molar-refractivity contribution >= 4 is 6.09 Å². The molecule has 1 fully saturated rings. The summed E-state index contributed by atoms with van der Waals surface area (Å²) in [5.41, 5.74) is 5.68. The van der Waals surface area contributed by atoms with Crippen molar-refractivity contribution in [1.82, 2.24) is 5.32 Å². The first-order chi connectivity index (χ1) is 11.0. The van der Waals surface area contributed by atoms with Crippen LogP contribution in [-0.2, 0) is 4.74 Å². The van der Waals surface area contributed by atoms with Crippen molar-refractivity contribution in [2.45, 2.75) is 69.6 Å². The molecule has 4 nitrogen and oxygen atoms in total. The highest BCUT2D eigenvalue weighted by Gasteiger charge is 2.46. The van der Waals surface area contributed by atoms with Gasteiger partial charge >= 0.3 is 6.09 Å². The Morgan fingerprint density at radius 2 is 1.71 bits per heavy atom. The number of ether oxygens (including phenoxy) is 1. The highest BCUT2D eigenvalue weighted by Crippen LogP contribution is 2.42. The minimum atomic E-state index is -2.68. The SMILES string of the molecule is CC(C)(C)OC(=O)NC(c1ccccc1)C1(N)CCC(F)(F)CC1. The summed E-state index contributed by atoms with van der Waals surface area (Å²) in [7, 11) is 0. The Kier molecular flexibility index (Phi) is 5.18. The van der Waals surface area contributed by atoms with Crippen LogP contribution >= 0.6 is 0 Å². The number of halogens is 2. The van der Waals surface area contributed by atoms with E-state index in [0.717, 1.165) is 5.56 Å². The van der Waals surface area contributed by atoms with Crippen LogP contribution in [-0.4, -0.2) is 23.2 Å². The van der Waals surface area contributed by atoms with Gasteiger partial charge in [0.1, 0.15) is 5.60 Å². The van der Waals surface area contributed by atoms with E-state index < -0.39 is 29.2 Å². The molecule has 1 unspecified atom stereocenters. The van der Waals surface area contributed by atoms with E-state index in [9.17, 15) is 13.6 Å². The van der Waals surface area contributed by atoms with Gasteiger partial charge in [0.15, 0.2) is 0 Å². The third-order valence-corrected chi connectivity index (χ3v) is 4.28. The number of alkyl carbamates (subject to hydrolysis) is 1. The molecule has 0 spiro atoms. The first-order valence-corrected chi connectivity index (χ1v) is 8.22. The molecule has 24 heavy (non-hydrogen) atoms. The lowest BCUT2D eigenvalue weighted by atomic mass is 9.73. The Labute approximate surface area is 141 Å². The number of carbonyl (C=O) groups is 1. The smallest absolute Gasteiger partial charge is 0.408 e. The minimum Gasteiger partial charge on any atom is -0.444 e. The van der Waals surface area contributed by atoms with Crippen molar-refractivity contribution in [3.05, 3.63) is 35.9 Å². The maximum atomic E-state index is 13.5. The third-order valence-electron chi connectivity index (χ3n) is 4.28. The van der Waals surface area contributed by atoms with Crippen molar-refractivity contribution in [3.63, 3.8) is 0 Å². The van der Waals surface area contributed by atoms with Crippen LogP contribution in [0.3, 0.4) is 0 Å². The second-order valence-corrected chi connectivity index (χ2v) is 7.58. The molecule has 0 aromatic heterocycles. The maximum Gasteiger partial charge on any atom is 0.408 e. The van der Waals surface area contributed by atoms with Gasteiger partial charge in [-0.3, -0.25) is 0 Å². The molecular formula is C18H26F2N2O2. The highest BCUT2D eigenvalue weighted by atomic mass is 19.3. The number of amides is 1. The zero-order chi connectivity index (χ0) is 18.0. The van der Waals surface area contributed by atoms with E-state index in [1.807, 2.05) is 30.3 Å². The Balaban J connectivity index is 2.22. The molecule has 0 saturated heterocycles. The predicted octanol–water partition coefficient (Wildman–Crippen LogP) is 4.16. The molecule has 1 atom stereocenters. The van der Waals surface area contributed by atoms with Crippen LogP contribution in [0, 0.1) is 0 Å². The van der Waals surface area contributed by atoms with Crippen LogP contribution < -0.4 is 11.1 Å². The standard InChI is InChI=1S/C18H26F2N2O2/c1-16(2,3)24-15(23)22-14(13-7-5-4-6-8-13)17(21)9-11-18(19,20)12-10-17/h4-8,14H,9-12,21H2,1-3H3,(H,22,23). The van der Waals surface area contributed by atoms with Crippen molar-refractivity contribution < 1.29 is 18.3 Å². The average Bonchev–Trinajstić information content (AvgIpc) is 2.47. The van der Waals surface area contributed by atoms with Crippen molar-refractivity contribution in [2.24, 2.45) is 5.73 Å². The topological polar surface area (TPSA) is 64.3 Å². The quantitative estimate of drug-likeness (QED) is 0.868. The van der Waals surface area contributed by atoms with E-state index in [-0.39, 0.29) is 25.7 Å². The molecule has 2 rings (SSSR count). The van der Waals surface area contributed by atoms with Crippen LogP contribution in [0.2, 0.25) is 0 Å². The lowest BCUT2D eigenvalue weighted by Gasteiger charge is -2.43.